The average molecular weight is 488 g/mol. The van der Waals surface area contributed by atoms with Crippen LogP contribution in [0, 0.1) is 17.7 Å². The van der Waals surface area contributed by atoms with Crippen molar-refractivity contribution in [2.24, 2.45) is 0 Å². The van der Waals surface area contributed by atoms with Gasteiger partial charge in [0.15, 0.2) is 0 Å². The van der Waals surface area contributed by atoms with Crippen LogP contribution in [-0.2, 0) is 13.2 Å². The Morgan fingerprint density at radius 2 is 1.91 bits per heavy atom. The molecule has 0 saturated carbocycles. The second kappa shape index (κ2) is 11.4. The van der Waals surface area contributed by atoms with E-state index in [1.165, 1.54) is 18.5 Å². The van der Waals surface area contributed by atoms with Crippen LogP contribution in [0.1, 0.15) is 22.5 Å². The van der Waals surface area contributed by atoms with E-state index in [9.17, 15) is 4.39 Å². The van der Waals surface area contributed by atoms with Gasteiger partial charge in [-0.1, -0.05) is 35.7 Å². The lowest BCUT2D eigenvalue weighted by atomic mass is 10.2. The Bertz CT molecular complexity index is 1380. The van der Waals surface area contributed by atoms with Crippen molar-refractivity contribution in [3.63, 3.8) is 0 Å². The van der Waals surface area contributed by atoms with E-state index >= 15 is 0 Å². The Morgan fingerprint density at radius 1 is 1.06 bits per heavy atom. The van der Waals surface area contributed by atoms with E-state index in [-0.39, 0.29) is 12.4 Å². The van der Waals surface area contributed by atoms with E-state index in [4.69, 9.17) is 16.3 Å². The zero-order valence-electron chi connectivity index (χ0n) is 19.3. The number of pyridine rings is 1. The maximum Gasteiger partial charge on any atom is 0.149 e. The fourth-order valence-corrected chi connectivity index (χ4v) is 3.47. The monoisotopic (exact) mass is 487 g/mol. The number of nitrogens with zero attached hydrogens (tertiary/aromatic N) is 4. The SMILES string of the molecule is CN(C)Cc1cccc(C#Cc2cncnc2Nc2ccc(OCc3cccc(F)c3)c(Cl)c2)n1. The second-order valence-corrected chi connectivity index (χ2v) is 8.38. The first-order valence-corrected chi connectivity index (χ1v) is 11.2. The van der Waals surface area contributed by atoms with Crippen LogP contribution in [0.4, 0.5) is 15.9 Å². The van der Waals surface area contributed by atoms with Crippen LogP contribution < -0.4 is 10.1 Å². The summed E-state index contributed by atoms with van der Waals surface area (Å²) >= 11 is 6.41. The number of hydrogen-bond donors (Lipinski definition) is 1. The van der Waals surface area contributed by atoms with E-state index in [1.54, 1.807) is 30.5 Å². The number of aromatic nitrogens is 3. The summed E-state index contributed by atoms with van der Waals surface area (Å²) in [6.45, 7) is 0.944. The molecule has 2 heterocycles. The largest absolute Gasteiger partial charge is 0.487 e. The van der Waals surface area contributed by atoms with Crippen LogP contribution in [0.5, 0.6) is 5.75 Å². The minimum Gasteiger partial charge on any atom is -0.487 e. The molecule has 0 bridgehead atoms. The molecule has 2 aromatic carbocycles. The Kier molecular flexibility index (Phi) is 7.88. The van der Waals surface area contributed by atoms with Gasteiger partial charge in [-0.3, -0.25) is 0 Å². The number of rotatable bonds is 7. The number of hydrogen-bond acceptors (Lipinski definition) is 6. The zero-order valence-corrected chi connectivity index (χ0v) is 20.1. The molecule has 0 aliphatic rings. The molecule has 0 aliphatic carbocycles. The first-order chi connectivity index (χ1) is 17.0. The first kappa shape index (κ1) is 24.1. The minimum atomic E-state index is -0.308. The fourth-order valence-electron chi connectivity index (χ4n) is 3.23. The summed E-state index contributed by atoms with van der Waals surface area (Å²) < 4.78 is 19.1. The standard InChI is InChI=1S/C27H23ClFN5O/c1-34(2)16-24-8-4-7-22(32-24)10-9-20-15-30-18-31-27(20)33-23-11-12-26(25(28)14-23)35-17-19-5-3-6-21(29)13-19/h3-8,11-15,18H,16-17H2,1-2H3,(H,30,31,33). The highest BCUT2D eigenvalue weighted by Gasteiger charge is 2.08. The Balaban J connectivity index is 1.47. The van der Waals surface area contributed by atoms with Gasteiger partial charge in [-0.2, -0.15) is 0 Å². The number of ether oxygens (including phenoxy) is 1. The molecule has 2 aromatic heterocycles. The molecule has 0 saturated heterocycles. The molecule has 6 nitrogen and oxygen atoms in total. The smallest absolute Gasteiger partial charge is 0.149 e. The van der Waals surface area contributed by atoms with Crippen molar-refractivity contribution in [1.82, 2.24) is 19.9 Å². The summed E-state index contributed by atoms with van der Waals surface area (Å²) in [5.41, 5.74) is 3.66. The molecule has 0 atom stereocenters. The van der Waals surface area contributed by atoms with E-state index in [0.717, 1.165) is 12.2 Å². The predicted octanol–water partition coefficient (Wildman–Crippen LogP) is 5.45. The second-order valence-electron chi connectivity index (χ2n) is 7.98. The van der Waals surface area contributed by atoms with Gasteiger partial charge in [0.2, 0.25) is 0 Å². The van der Waals surface area contributed by atoms with Crippen molar-refractivity contribution >= 4 is 23.1 Å². The van der Waals surface area contributed by atoms with Gasteiger partial charge < -0.3 is 15.0 Å². The zero-order chi connectivity index (χ0) is 24.6. The lowest BCUT2D eigenvalue weighted by molar-refractivity contribution is 0.306. The van der Waals surface area contributed by atoms with Crippen LogP contribution in [-0.4, -0.2) is 33.9 Å². The molecular formula is C27H23ClFN5O. The van der Waals surface area contributed by atoms with Gasteiger partial charge >= 0.3 is 0 Å². The molecular weight excluding hydrogens is 465 g/mol. The number of benzene rings is 2. The van der Waals surface area contributed by atoms with E-state index in [2.05, 4.69) is 37.0 Å². The first-order valence-electron chi connectivity index (χ1n) is 10.8. The van der Waals surface area contributed by atoms with Gasteiger partial charge in [-0.05, 0) is 68.0 Å². The van der Waals surface area contributed by atoms with Crippen LogP contribution in [0.3, 0.4) is 0 Å². The molecule has 4 rings (SSSR count). The van der Waals surface area contributed by atoms with E-state index in [1.807, 2.05) is 38.4 Å². The van der Waals surface area contributed by atoms with Crippen LogP contribution in [0.25, 0.3) is 0 Å². The molecule has 0 amide bonds. The molecule has 0 spiro atoms. The Labute approximate surface area is 208 Å². The van der Waals surface area contributed by atoms with Crippen LogP contribution in [0.15, 0.2) is 73.2 Å². The number of nitrogens with one attached hydrogen (secondary N) is 1. The molecule has 8 heteroatoms. The molecule has 0 aliphatic heterocycles. The topological polar surface area (TPSA) is 63.2 Å². The van der Waals surface area contributed by atoms with Gasteiger partial charge in [0.25, 0.3) is 0 Å². The highest BCUT2D eigenvalue weighted by Crippen LogP contribution is 2.30. The summed E-state index contributed by atoms with van der Waals surface area (Å²) in [5.74, 6) is 6.91. The molecule has 35 heavy (non-hydrogen) atoms. The number of anilines is 2. The Hall–Kier alpha value is -3.99. The molecule has 0 fully saturated rings. The van der Waals surface area contributed by atoms with Gasteiger partial charge in [0, 0.05) is 18.4 Å². The van der Waals surface area contributed by atoms with Crippen molar-refractivity contribution in [3.05, 3.63) is 107 Å². The van der Waals surface area contributed by atoms with Gasteiger partial charge in [-0.15, -0.1) is 0 Å². The van der Waals surface area contributed by atoms with Crippen molar-refractivity contribution in [1.29, 1.82) is 0 Å². The third-order valence-corrected chi connectivity index (χ3v) is 5.10. The number of halogens is 2. The normalized spacial score (nSPS) is 10.5. The average Bonchev–Trinajstić information content (AvgIpc) is 2.83. The molecule has 176 valence electrons. The molecule has 0 radical (unpaired) electrons. The third kappa shape index (κ3) is 7.00. The summed E-state index contributed by atoms with van der Waals surface area (Å²) in [4.78, 5) is 15.0. The van der Waals surface area contributed by atoms with Crippen molar-refractivity contribution < 1.29 is 9.13 Å². The third-order valence-electron chi connectivity index (χ3n) is 4.80. The van der Waals surface area contributed by atoms with Crippen molar-refractivity contribution in [2.75, 3.05) is 19.4 Å². The van der Waals surface area contributed by atoms with E-state index in [0.29, 0.717) is 39.1 Å². The lowest BCUT2D eigenvalue weighted by Crippen LogP contribution is -2.12. The van der Waals surface area contributed by atoms with Gasteiger partial charge in [-0.25, -0.2) is 19.3 Å². The Morgan fingerprint density at radius 3 is 2.71 bits per heavy atom. The maximum atomic E-state index is 13.4. The molecule has 1 N–H and O–H groups in total. The van der Waals surface area contributed by atoms with Gasteiger partial charge in [0.05, 0.1) is 16.3 Å². The van der Waals surface area contributed by atoms with Crippen LogP contribution >= 0.6 is 11.6 Å². The highest BCUT2D eigenvalue weighted by molar-refractivity contribution is 6.32. The summed E-state index contributed by atoms with van der Waals surface area (Å²) in [5, 5.41) is 3.64. The molecule has 4 aromatic rings. The highest BCUT2D eigenvalue weighted by atomic mass is 35.5. The summed E-state index contributed by atoms with van der Waals surface area (Å²) in [6, 6.07) is 17.3. The van der Waals surface area contributed by atoms with Gasteiger partial charge in [0.1, 0.15) is 36.0 Å². The van der Waals surface area contributed by atoms with E-state index < -0.39 is 0 Å². The van der Waals surface area contributed by atoms with Crippen molar-refractivity contribution in [2.45, 2.75) is 13.2 Å². The minimum absolute atomic E-state index is 0.208. The summed E-state index contributed by atoms with van der Waals surface area (Å²) in [6.07, 6.45) is 3.09. The quantitative estimate of drug-likeness (QED) is 0.350. The predicted molar refractivity (Wildman–Crippen MR) is 135 cm³/mol. The lowest BCUT2D eigenvalue weighted by Gasteiger charge is -2.11. The van der Waals surface area contributed by atoms with Crippen molar-refractivity contribution in [3.8, 4) is 17.6 Å². The summed E-state index contributed by atoms with van der Waals surface area (Å²) in [7, 11) is 3.99. The van der Waals surface area contributed by atoms with Crippen LogP contribution in [0.2, 0.25) is 5.02 Å². The molecule has 0 unspecified atom stereocenters. The fraction of sp³-hybridized carbons (Fsp3) is 0.148. The maximum absolute atomic E-state index is 13.4.